The zero-order valence-corrected chi connectivity index (χ0v) is 11.1. The molecule has 4 rings (SSSR count). The molecular formula is C18H11NO2. The molecule has 0 radical (unpaired) electrons. The highest BCUT2D eigenvalue weighted by Gasteiger charge is 2.25. The molecule has 21 heavy (non-hydrogen) atoms. The largest absolute Gasteiger partial charge is 0.288 e. The molecule has 0 spiro atoms. The van der Waals surface area contributed by atoms with Crippen LogP contribution in [0.3, 0.4) is 0 Å². The number of nitrogens with one attached hydrogen (secondary N) is 1. The van der Waals surface area contributed by atoms with Crippen molar-refractivity contribution in [1.82, 2.24) is 5.32 Å². The van der Waals surface area contributed by atoms with E-state index in [1.54, 1.807) is 6.07 Å². The number of amides is 2. The maximum Gasteiger partial charge on any atom is 0.258 e. The Kier molecular flexibility index (Phi) is 2.42. The van der Waals surface area contributed by atoms with E-state index in [2.05, 4.69) is 5.32 Å². The molecule has 0 unspecified atom stereocenters. The van der Waals surface area contributed by atoms with Crippen LogP contribution in [0.5, 0.6) is 0 Å². The van der Waals surface area contributed by atoms with Crippen molar-refractivity contribution in [2.75, 3.05) is 0 Å². The maximum atomic E-state index is 12.1. The van der Waals surface area contributed by atoms with Crippen molar-refractivity contribution >= 4 is 22.6 Å². The fourth-order valence-corrected chi connectivity index (χ4v) is 2.83. The monoisotopic (exact) mass is 273 g/mol. The van der Waals surface area contributed by atoms with E-state index >= 15 is 0 Å². The second kappa shape index (κ2) is 4.28. The molecular weight excluding hydrogens is 262 g/mol. The maximum absolute atomic E-state index is 12.1. The molecule has 2 amide bonds. The lowest BCUT2D eigenvalue weighted by Crippen LogP contribution is -2.34. The number of benzene rings is 3. The van der Waals surface area contributed by atoms with Gasteiger partial charge in [0, 0.05) is 16.5 Å². The van der Waals surface area contributed by atoms with Gasteiger partial charge in [0.1, 0.15) is 0 Å². The summed E-state index contributed by atoms with van der Waals surface area (Å²) in [5.41, 5.74) is 3.13. The molecule has 3 nitrogen and oxygen atoms in total. The third-order valence-corrected chi connectivity index (χ3v) is 3.80. The summed E-state index contributed by atoms with van der Waals surface area (Å²) < 4.78 is 0. The average Bonchev–Trinajstić information content (AvgIpc) is 2.53. The van der Waals surface area contributed by atoms with Gasteiger partial charge in [0.2, 0.25) is 0 Å². The molecule has 1 N–H and O–H groups in total. The molecule has 0 aromatic heterocycles. The van der Waals surface area contributed by atoms with Gasteiger partial charge in [0.15, 0.2) is 0 Å². The second-order valence-electron chi connectivity index (χ2n) is 5.08. The van der Waals surface area contributed by atoms with Crippen LogP contribution in [0, 0.1) is 0 Å². The summed E-state index contributed by atoms with van der Waals surface area (Å²) in [4.78, 5) is 24.0. The first-order chi connectivity index (χ1) is 10.2. The van der Waals surface area contributed by atoms with Gasteiger partial charge < -0.3 is 0 Å². The molecule has 0 bridgehead atoms. The first-order valence-electron chi connectivity index (χ1n) is 6.72. The van der Waals surface area contributed by atoms with Gasteiger partial charge in [-0.15, -0.1) is 0 Å². The number of imide groups is 1. The van der Waals surface area contributed by atoms with Crippen molar-refractivity contribution in [2.45, 2.75) is 0 Å². The number of hydrogen-bond donors (Lipinski definition) is 1. The lowest BCUT2D eigenvalue weighted by Gasteiger charge is -2.17. The minimum atomic E-state index is -0.332. The van der Waals surface area contributed by atoms with Crippen molar-refractivity contribution < 1.29 is 9.59 Å². The van der Waals surface area contributed by atoms with Crippen molar-refractivity contribution in [1.29, 1.82) is 0 Å². The summed E-state index contributed by atoms with van der Waals surface area (Å²) in [6.45, 7) is 0. The van der Waals surface area contributed by atoms with Crippen molar-refractivity contribution in [3.8, 4) is 11.1 Å². The Morgan fingerprint density at radius 3 is 2.24 bits per heavy atom. The van der Waals surface area contributed by atoms with Crippen LogP contribution >= 0.6 is 0 Å². The number of rotatable bonds is 1. The molecule has 1 aliphatic heterocycles. The SMILES string of the molecule is O=C1NC(=O)c2cc(-c3ccccc3)cc3cccc1c23. The van der Waals surface area contributed by atoms with Crippen LogP contribution in [0.2, 0.25) is 0 Å². The summed E-state index contributed by atoms with van der Waals surface area (Å²) in [6.07, 6.45) is 0. The third-order valence-electron chi connectivity index (χ3n) is 3.80. The smallest absolute Gasteiger partial charge is 0.258 e. The lowest BCUT2D eigenvalue weighted by atomic mass is 9.91. The molecule has 1 aliphatic rings. The van der Waals surface area contributed by atoms with Gasteiger partial charge in [0.25, 0.3) is 11.8 Å². The number of carbonyl (C=O) groups excluding carboxylic acids is 2. The number of carbonyl (C=O) groups is 2. The highest BCUT2D eigenvalue weighted by molar-refractivity contribution is 6.26. The standard InChI is InChI=1S/C18H11NO2/c20-17-14-8-4-7-12-9-13(11-5-2-1-3-6-11)10-15(16(12)14)18(21)19-17/h1-10H,(H,19,20,21). The highest BCUT2D eigenvalue weighted by atomic mass is 16.2. The molecule has 0 atom stereocenters. The third kappa shape index (κ3) is 1.75. The molecule has 3 heteroatoms. The summed E-state index contributed by atoms with van der Waals surface area (Å²) in [5, 5.41) is 4.05. The predicted molar refractivity (Wildman–Crippen MR) is 81.2 cm³/mol. The topological polar surface area (TPSA) is 46.2 Å². The van der Waals surface area contributed by atoms with Crippen LogP contribution in [-0.4, -0.2) is 11.8 Å². The lowest BCUT2D eigenvalue weighted by molar-refractivity contribution is 0.0845. The molecule has 100 valence electrons. The second-order valence-corrected chi connectivity index (χ2v) is 5.08. The fourth-order valence-electron chi connectivity index (χ4n) is 2.83. The van der Waals surface area contributed by atoms with Gasteiger partial charge in [-0.1, -0.05) is 42.5 Å². The molecule has 3 aromatic rings. The van der Waals surface area contributed by atoms with Gasteiger partial charge in [-0.2, -0.15) is 0 Å². The minimum absolute atomic E-state index is 0.328. The van der Waals surface area contributed by atoms with Gasteiger partial charge in [-0.3, -0.25) is 14.9 Å². The van der Waals surface area contributed by atoms with Crippen LogP contribution in [0.15, 0.2) is 60.7 Å². The molecule has 0 saturated carbocycles. The average molecular weight is 273 g/mol. The van der Waals surface area contributed by atoms with Crippen LogP contribution in [0.1, 0.15) is 20.7 Å². The Bertz CT molecular complexity index is 898. The zero-order chi connectivity index (χ0) is 14.4. The van der Waals surface area contributed by atoms with E-state index in [4.69, 9.17) is 0 Å². The summed E-state index contributed by atoms with van der Waals surface area (Å²) >= 11 is 0. The van der Waals surface area contributed by atoms with Gasteiger partial charge in [-0.05, 0) is 34.7 Å². The predicted octanol–water partition coefficient (Wildman–Crippen LogP) is 3.39. The number of hydrogen-bond acceptors (Lipinski definition) is 2. The Morgan fingerprint density at radius 2 is 1.43 bits per heavy atom. The quantitative estimate of drug-likeness (QED) is 0.691. The van der Waals surface area contributed by atoms with E-state index in [0.717, 1.165) is 21.9 Å². The van der Waals surface area contributed by atoms with E-state index < -0.39 is 0 Å². The van der Waals surface area contributed by atoms with Crippen molar-refractivity contribution in [3.63, 3.8) is 0 Å². The van der Waals surface area contributed by atoms with Crippen molar-refractivity contribution in [3.05, 3.63) is 71.8 Å². The zero-order valence-electron chi connectivity index (χ0n) is 11.1. The Morgan fingerprint density at radius 1 is 0.667 bits per heavy atom. The molecule has 1 heterocycles. The fraction of sp³-hybridized carbons (Fsp3) is 0. The van der Waals surface area contributed by atoms with Gasteiger partial charge in [-0.25, -0.2) is 0 Å². The van der Waals surface area contributed by atoms with Crippen LogP contribution < -0.4 is 5.32 Å². The van der Waals surface area contributed by atoms with E-state index in [1.807, 2.05) is 54.6 Å². The van der Waals surface area contributed by atoms with E-state index in [-0.39, 0.29) is 11.8 Å². The molecule has 0 fully saturated rings. The van der Waals surface area contributed by atoms with E-state index in [0.29, 0.717) is 11.1 Å². The Balaban J connectivity index is 2.08. The summed E-state index contributed by atoms with van der Waals surface area (Å²) in [5.74, 6) is -0.660. The first-order valence-corrected chi connectivity index (χ1v) is 6.72. The molecule has 0 aliphatic carbocycles. The van der Waals surface area contributed by atoms with Crippen molar-refractivity contribution in [2.24, 2.45) is 0 Å². The molecule has 3 aromatic carbocycles. The summed E-state index contributed by atoms with van der Waals surface area (Å²) in [7, 11) is 0. The van der Waals surface area contributed by atoms with Crippen LogP contribution in [-0.2, 0) is 0 Å². The highest BCUT2D eigenvalue weighted by Crippen LogP contribution is 2.31. The first kappa shape index (κ1) is 11.9. The normalized spacial score (nSPS) is 13.3. The summed E-state index contributed by atoms with van der Waals surface area (Å²) in [6, 6.07) is 19.3. The van der Waals surface area contributed by atoms with Crippen LogP contribution in [0.25, 0.3) is 21.9 Å². The van der Waals surface area contributed by atoms with E-state index in [9.17, 15) is 9.59 Å². The van der Waals surface area contributed by atoms with Crippen LogP contribution in [0.4, 0.5) is 0 Å². The van der Waals surface area contributed by atoms with Gasteiger partial charge >= 0.3 is 0 Å². The molecule has 0 saturated heterocycles. The van der Waals surface area contributed by atoms with E-state index in [1.165, 1.54) is 0 Å². The van der Waals surface area contributed by atoms with Gasteiger partial charge in [0.05, 0.1) is 0 Å². The Hall–Kier alpha value is -2.94. The Labute approximate surface area is 121 Å². The minimum Gasteiger partial charge on any atom is -0.288 e.